The van der Waals surface area contributed by atoms with E-state index in [1.165, 1.54) is 21.9 Å². The number of aromatic nitrogens is 4. The second-order valence-electron chi connectivity index (χ2n) is 7.47. The van der Waals surface area contributed by atoms with Crippen LogP contribution in [-0.4, -0.2) is 19.6 Å². The Hall–Kier alpha value is -4.05. The molecular weight excluding hydrogens is 368 g/mol. The molecule has 1 unspecified atom stereocenters. The number of hydrogen-bond acceptors (Lipinski definition) is 3. The van der Waals surface area contributed by atoms with E-state index in [2.05, 4.69) is 81.8 Å². The zero-order valence-corrected chi connectivity index (χ0v) is 16.2. The van der Waals surface area contributed by atoms with Gasteiger partial charge in [0, 0.05) is 17.8 Å². The van der Waals surface area contributed by atoms with E-state index in [0.717, 1.165) is 22.2 Å². The first-order chi connectivity index (χ1) is 14.9. The third-order valence-corrected chi connectivity index (χ3v) is 5.67. The van der Waals surface area contributed by atoms with Crippen LogP contribution in [0.5, 0.6) is 0 Å². The van der Waals surface area contributed by atoms with Gasteiger partial charge in [-0.25, -0.2) is 9.50 Å². The minimum atomic E-state index is 0.00381. The van der Waals surface area contributed by atoms with Gasteiger partial charge < -0.3 is 0 Å². The van der Waals surface area contributed by atoms with E-state index in [0.29, 0.717) is 0 Å². The van der Waals surface area contributed by atoms with Crippen LogP contribution < -0.4 is 0 Å². The average molecular weight is 386 g/mol. The third-order valence-electron chi connectivity index (χ3n) is 5.67. The molecule has 1 atom stereocenters. The Morgan fingerprint density at radius 3 is 2.33 bits per heavy atom. The lowest BCUT2D eigenvalue weighted by molar-refractivity contribution is 0.817. The molecule has 0 aliphatic carbocycles. The molecule has 6 rings (SSSR count). The summed E-state index contributed by atoms with van der Waals surface area (Å²) in [5, 5.41) is 8.17. The molecule has 142 valence electrons. The summed E-state index contributed by atoms with van der Waals surface area (Å²) in [7, 11) is 0. The Balaban J connectivity index is 1.62. The first-order valence-electron chi connectivity index (χ1n) is 9.99. The van der Waals surface area contributed by atoms with E-state index in [4.69, 9.17) is 0 Å². The Kier molecular flexibility index (Phi) is 3.81. The molecule has 0 saturated carbocycles. The summed E-state index contributed by atoms with van der Waals surface area (Å²) in [5.41, 5.74) is 5.29. The molecule has 0 aliphatic rings. The highest BCUT2D eigenvalue weighted by molar-refractivity contribution is 5.84. The van der Waals surface area contributed by atoms with Gasteiger partial charge in [-0.05, 0) is 52.2 Å². The monoisotopic (exact) mass is 386 g/mol. The molecule has 4 nitrogen and oxygen atoms in total. The number of fused-ring (bicyclic) bond motifs is 3. The molecule has 0 N–H and O–H groups in total. The summed E-state index contributed by atoms with van der Waals surface area (Å²) in [6.07, 6.45) is 5.58. The highest BCUT2D eigenvalue weighted by Crippen LogP contribution is 2.34. The summed E-state index contributed by atoms with van der Waals surface area (Å²) >= 11 is 0. The predicted octanol–water partition coefficient (Wildman–Crippen LogP) is 5.61. The molecular formula is C26H18N4. The van der Waals surface area contributed by atoms with Crippen molar-refractivity contribution < 1.29 is 0 Å². The minimum Gasteiger partial charge on any atom is -0.256 e. The van der Waals surface area contributed by atoms with E-state index >= 15 is 0 Å². The number of pyridine rings is 1. The lowest BCUT2D eigenvalue weighted by Crippen LogP contribution is -2.08. The van der Waals surface area contributed by atoms with E-state index in [1.807, 2.05) is 35.1 Å². The first-order valence-corrected chi connectivity index (χ1v) is 9.99. The van der Waals surface area contributed by atoms with Gasteiger partial charge in [-0.1, -0.05) is 54.6 Å². The highest BCUT2D eigenvalue weighted by Gasteiger charge is 2.22. The molecule has 0 fully saturated rings. The number of hydrogen-bond donors (Lipinski definition) is 0. The van der Waals surface area contributed by atoms with Crippen LogP contribution in [-0.2, 0) is 0 Å². The molecule has 0 amide bonds. The molecule has 3 heterocycles. The van der Waals surface area contributed by atoms with E-state index in [-0.39, 0.29) is 5.92 Å². The Morgan fingerprint density at radius 1 is 0.633 bits per heavy atom. The fourth-order valence-corrected chi connectivity index (χ4v) is 4.24. The zero-order chi connectivity index (χ0) is 19.9. The SMILES string of the molecule is c1ccc2cc(C(c3ccc4ncccc4c3)c3cnc4cccnn34)ccc2c1. The Morgan fingerprint density at radius 2 is 1.40 bits per heavy atom. The number of benzene rings is 3. The summed E-state index contributed by atoms with van der Waals surface area (Å²) < 4.78 is 1.94. The van der Waals surface area contributed by atoms with Crippen molar-refractivity contribution in [2.75, 3.05) is 0 Å². The standard InChI is InChI=1S/C26H18N4/c1-2-6-19-15-21(10-9-18(19)5-1)26(24-17-28-25-8-4-14-29-30(24)25)22-11-12-23-20(16-22)7-3-13-27-23/h1-17,26H. The molecule has 0 spiro atoms. The average Bonchev–Trinajstić information content (AvgIpc) is 3.23. The fourth-order valence-electron chi connectivity index (χ4n) is 4.24. The lowest BCUT2D eigenvalue weighted by atomic mass is 9.87. The van der Waals surface area contributed by atoms with E-state index in [1.54, 1.807) is 6.20 Å². The van der Waals surface area contributed by atoms with Gasteiger partial charge in [0.15, 0.2) is 5.65 Å². The van der Waals surface area contributed by atoms with Gasteiger partial charge in [0.2, 0.25) is 0 Å². The van der Waals surface area contributed by atoms with Crippen LogP contribution in [0.1, 0.15) is 22.7 Å². The van der Waals surface area contributed by atoms with Crippen molar-refractivity contribution in [1.82, 2.24) is 19.6 Å². The van der Waals surface area contributed by atoms with Crippen LogP contribution >= 0.6 is 0 Å². The van der Waals surface area contributed by atoms with E-state index < -0.39 is 0 Å². The number of rotatable bonds is 3. The van der Waals surface area contributed by atoms with Gasteiger partial charge in [0.1, 0.15) is 0 Å². The summed E-state index contributed by atoms with van der Waals surface area (Å²) in [6, 6.07) is 29.6. The molecule has 0 aliphatic heterocycles. The van der Waals surface area contributed by atoms with Crippen molar-refractivity contribution in [2.45, 2.75) is 5.92 Å². The van der Waals surface area contributed by atoms with Crippen LogP contribution in [0.4, 0.5) is 0 Å². The number of imidazole rings is 1. The molecule has 0 bridgehead atoms. The van der Waals surface area contributed by atoms with Gasteiger partial charge >= 0.3 is 0 Å². The zero-order valence-electron chi connectivity index (χ0n) is 16.2. The van der Waals surface area contributed by atoms with Gasteiger partial charge in [-0.3, -0.25) is 4.98 Å². The maximum Gasteiger partial charge on any atom is 0.153 e. The second kappa shape index (κ2) is 6.78. The van der Waals surface area contributed by atoms with Crippen LogP contribution in [0.15, 0.2) is 104 Å². The smallest absolute Gasteiger partial charge is 0.153 e. The largest absolute Gasteiger partial charge is 0.256 e. The van der Waals surface area contributed by atoms with Crippen molar-refractivity contribution >= 4 is 27.3 Å². The van der Waals surface area contributed by atoms with Crippen molar-refractivity contribution in [3.05, 3.63) is 120 Å². The lowest BCUT2D eigenvalue weighted by Gasteiger charge is -2.19. The van der Waals surface area contributed by atoms with Crippen molar-refractivity contribution in [3.8, 4) is 0 Å². The van der Waals surface area contributed by atoms with Crippen molar-refractivity contribution in [3.63, 3.8) is 0 Å². The van der Waals surface area contributed by atoms with E-state index in [9.17, 15) is 0 Å². The third kappa shape index (κ3) is 2.73. The summed E-state index contributed by atoms with van der Waals surface area (Å²) in [6.45, 7) is 0. The molecule has 3 aromatic carbocycles. The second-order valence-corrected chi connectivity index (χ2v) is 7.47. The number of nitrogens with zero attached hydrogens (tertiary/aromatic N) is 4. The Labute approximate surface area is 173 Å². The molecule has 0 radical (unpaired) electrons. The van der Waals surface area contributed by atoms with Crippen molar-refractivity contribution in [1.29, 1.82) is 0 Å². The predicted molar refractivity (Wildman–Crippen MR) is 120 cm³/mol. The van der Waals surface area contributed by atoms with Gasteiger partial charge in [-0.15, -0.1) is 0 Å². The van der Waals surface area contributed by atoms with Gasteiger partial charge in [0.05, 0.1) is 23.3 Å². The van der Waals surface area contributed by atoms with Gasteiger partial charge in [0.25, 0.3) is 0 Å². The van der Waals surface area contributed by atoms with Crippen LogP contribution in [0.25, 0.3) is 27.3 Å². The highest BCUT2D eigenvalue weighted by atomic mass is 15.3. The first kappa shape index (κ1) is 16.9. The maximum atomic E-state index is 4.60. The molecule has 4 heteroatoms. The van der Waals surface area contributed by atoms with Crippen LogP contribution in [0, 0.1) is 0 Å². The topological polar surface area (TPSA) is 43.1 Å². The van der Waals surface area contributed by atoms with Crippen molar-refractivity contribution in [2.24, 2.45) is 0 Å². The normalized spacial score (nSPS) is 12.5. The minimum absolute atomic E-state index is 0.00381. The molecule has 0 saturated heterocycles. The maximum absolute atomic E-state index is 4.60. The van der Waals surface area contributed by atoms with Crippen LogP contribution in [0.3, 0.4) is 0 Å². The summed E-state index contributed by atoms with van der Waals surface area (Å²) in [4.78, 5) is 9.08. The van der Waals surface area contributed by atoms with Crippen LogP contribution in [0.2, 0.25) is 0 Å². The van der Waals surface area contributed by atoms with Gasteiger partial charge in [-0.2, -0.15) is 5.10 Å². The summed E-state index contributed by atoms with van der Waals surface area (Å²) in [5.74, 6) is 0.00381. The Bertz CT molecular complexity index is 1440. The molecule has 30 heavy (non-hydrogen) atoms. The fraction of sp³-hybridized carbons (Fsp3) is 0.0385. The quantitative estimate of drug-likeness (QED) is 0.397. The molecule has 3 aromatic heterocycles. The molecule has 6 aromatic rings.